The Morgan fingerprint density at radius 2 is 1.47 bits per heavy atom. The van der Waals surface area contributed by atoms with Crippen LogP contribution in [0.25, 0.3) is 0 Å². The van der Waals surface area contributed by atoms with Crippen molar-refractivity contribution in [2.24, 2.45) is 10.8 Å². The quantitative estimate of drug-likeness (QED) is 0.585. The summed E-state index contributed by atoms with van der Waals surface area (Å²) in [5.41, 5.74) is 5.04. The van der Waals surface area contributed by atoms with Gasteiger partial charge in [0.2, 0.25) is 0 Å². The van der Waals surface area contributed by atoms with Gasteiger partial charge in [0.25, 0.3) is 0 Å². The summed E-state index contributed by atoms with van der Waals surface area (Å²) >= 11 is 6.52. The van der Waals surface area contributed by atoms with Crippen LogP contribution >= 0.6 is 0 Å². The van der Waals surface area contributed by atoms with E-state index in [-0.39, 0.29) is 5.41 Å². The van der Waals surface area contributed by atoms with Crippen molar-refractivity contribution in [1.29, 1.82) is 0 Å². The van der Waals surface area contributed by atoms with E-state index in [1.807, 2.05) is 0 Å². The molecule has 0 fully saturated rings. The van der Waals surface area contributed by atoms with Gasteiger partial charge in [0.05, 0.1) is 0 Å². The maximum absolute atomic E-state index is 3.30. The van der Waals surface area contributed by atoms with E-state index in [0.717, 1.165) is 0 Å². The summed E-state index contributed by atoms with van der Waals surface area (Å²) in [7, 11) is 0. The minimum atomic E-state index is 0.289. The molecule has 0 spiro atoms. The Bertz CT molecular complexity index is 473. The topological polar surface area (TPSA) is 0 Å². The van der Waals surface area contributed by atoms with Crippen molar-refractivity contribution in [3.05, 3.63) is 22.8 Å². The molecule has 0 atom stereocenters. The summed E-state index contributed by atoms with van der Waals surface area (Å²) in [5.74, 6) is 0. The molecule has 0 aliphatic heterocycles. The van der Waals surface area contributed by atoms with Gasteiger partial charge in [0, 0.05) is 0 Å². The van der Waals surface area contributed by atoms with Crippen LogP contribution < -0.4 is 0 Å². The van der Waals surface area contributed by atoms with E-state index in [1.165, 1.54) is 32.8 Å². The van der Waals surface area contributed by atoms with Gasteiger partial charge < -0.3 is 0 Å². The van der Waals surface area contributed by atoms with E-state index in [9.17, 15) is 0 Å². The first-order chi connectivity index (χ1) is 7.67. The first-order valence-electron chi connectivity index (χ1n) is 6.19. The van der Waals surface area contributed by atoms with Crippen molar-refractivity contribution in [2.45, 2.75) is 47.5 Å². The van der Waals surface area contributed by atoms with Crippen LogP contribution in [0.15, 0.2) is 22.8 Å². The Kier molecular flexibility index (Phi) is 3.33. The molecule has 2 rings (SSSR count). The Hall–Kier alpha value is 0.259. The Morgan fingerprint density at radius 1 is 0.941 bits per heavy atom. The minimum absolute atomic E-state index is 0.289. The second-order valence-corrected chi connectivity index (χ2v) is 8.26. The van der Waals surface area contributed by atoms with Gasteiger partial charge in [-0.15, -0.1) is 0 Å². The number of hydrogen-bond acceptors (Lipinski definition) is 0. The molecule has 0 radical (unpaired) electrons. The fraction of sp³-hybridized carbons (Fsp3) is 0.600. The molecule has 2 heteroatoms. The second kappa shape index (κ2) is 4.13. The van der Waals surface area contributed by atoms with Crippen LogP contribution in [0.4, 0.5) is 0 Å². The molecule has 0 saturated heterocycles. The molecule has 2 aliphatic carbocycles. The third kappa shape index (κ3) is 2.14. The van der Waals surface area contributed by atoms with Gasteiger partial charge in [-0.25, -0.2) is 0 Å². The van der Waals surface area contributed by atoms with Gasteiger partial charge in [0.1, 0.15) is 0 Å². The first kappa shape index (κ1) is 13.7. The number of allylic oxidation sites excluding steroid dienone is 4. The van der Waals surface area contributed by atoms with E-state index < -0.39 is 0 Å². The van der Waals surface area contributed by atoms with Gasteiger partial charge in [-0.1, -0.05) is 0 Å². The summed E-state index contributed by atoms with van der Waals surface area (Å²) in [5, 5.41) is 0. The fourth-order valence-corrected chi connectivity index (χ4v) is 4.35. The second-order valence-electron chi connectivity index (χ2n) is 6.54. The molecule has 0 saturated carbocycles. The van der Waals surface area contributed by atoms with Gasteiger partial charge in [-0.3, -0.25) is 0 Å². The summed E-state index contributed by atoms with van der Waals surface area (Å²) in [6.45, 7) is 11.7. The summed E-state index contributed by atoms with van der Waals surface area (Å²) in [6.07, 6.45) is 4.94. The SMILES string of the molecule is CC1=CC2=C(C(=[Se])C1=[Se])C(C)(C)CCC2(C)C. The van der Waals surface area contributed by atoms with Crippen molar-refractivity contribution >= 4 is 40.0 Å². The summed E-state index contributed by atoms with van der Waals surface area (Å²) in [6, 6.07) is 0. The molecule has 17 heavy (non-hydrogen) atoms. The van der Waals surface area contributed by atoms with Crippen molar-refractivity contribution in [2.75, 3.05) is 0 Å². The molecule has 0 aromatic carbocycles. The average molecular weight is 358 g/mol. The predicted molar refractivity (Wildman–Crippen MR) is 79.1 cm³/mol. The fourth-order valence-electron chi connectivity index (χ4n) is 2.86. The molecule has 2 aliphatic rings. The molecule has 0 heterocycles. The standard InChI is InChI=1S/C15H20Se2/c1-9-8-10-11(13(17)12(9)16)15(4,5)7-6-14(10,2)3/h8H,6-7H2,1-5H3. The van der Waals surface area contributed by atoms with Gasteiger partial charge in [-0.2, -0.15) is 0 Å². The summed E-state index contributed by atoms with van der Waals surface area (Å²) < 4.78 is 2.65. The van der Waals surface area contributed by atoms with Crippen LogP contribution in [0.5, 0.6) is 0 Å². The van der Waals surface area contributed by atoms with Crippen LogP contribution in [-0.2, 0) is 0 Å². The molecule has 0 amide bonds. The van der Waals surface area contributed by atoms with Crippen molar-refractivity contribution in [1.82, 2.24) is 0 Å². The third-order valence-corrected chi connectivity index (χ3v) is 6.82. The van der Waals surface area contributed by atoms with Gasteiger partial charge in [0.15, 0.2) is 0 Å². The van der Waals surface area contributed by atoms with Crippen LogP contribution in [0, 0.1) is 10.8 Å². The Balaban J connectivity index is 2.71. The summed E-state index contributed by atoms with van der Waals surface area (Å²) in [4.78, 5) is 0. The van der Waals surface area contributed by atoms with Crippen LogP contribution in [-0.4, -0.2) is 40.0 Å². The van der Waals surface area contributed by atoms with E-state index >= 15 is 0 Å². The molecule has 0 bridgehead atoms. The molecule has 0 nitrogen and oxygen atoms in total. The first-order valence-corrected chi connectivity index (χ1v) is 7.91. The zero-order chi connectivity index (χ0) is 13.0. The third-order valence-electron chi connectivity index (χ3n) is 4.20. The van der Waals surface area contributed by atoms with Crippen LogP contribution in [0.2, 0.25) is 0 Å². The molecular weight excluding hydrogens is 338 g/mol. The maximum atomic E-state index is 3.30. The van der Waals surface area contributed by atoms with E-state index in [2.05, 4.69) is 71.8 Å². The van der Waals surface area contributed by atoms with Gasteiger partial charge in [-0.05, 0) is 0 Å². The van der Waals surface area contributed by atoms with Crippen LogP contribution in [0.3, 0.4) is 0 Å². The van der Waals surface area contributed by atoms with Crippen molar-refractivity contribution in [3.8, 4) is 0 Å². The normalized spacial score (nSPS) is 26.8. The van der Waals surface area contributed by atoms with Gasteiger partial charge >= 0.3 is 121 Å². The van der Waals surface area contributed by atoms with Crippen molar-refractivity contribution in [3.63, 3.8) is 0 Å². The Morgan fingerprint density at radius 3 is 2.06 bits per heavy atom. The Labute approximate surface area is 121 Å². The number of rotatable bonds is 0. The molecule has 0 aromatic rings. The average Bonchev–Trinajstić information content (AvgIpc) is 2.21. The number of hydrogen-bond donors (Lipinski definition) is 0. The van der Waals surface area contributed by atoms with Crippen LogP contribution in [0.1, 0.15) is 47.5 Å². The zero-order valence-corrected chi connectivity index (χ0v) is 14.7. The molecule has 92 valence electrons. The molecule has 0 N–H and O–H groups in total. The monoisotopic (exact) mass is 360 g/mol. The van der Waals surface area contributed by atoms with Crippen molar-refractivity contribution < 1.29 is 0 Å². The zero-order valence-electron chi connectivity index (χ0n) is 11.3. The van der Waals surface area contributed by atoms with E-state index in [1.54, 1.807) is 5.57 Å². The molecule has 0 unspecified atom stereocenters. The predicted octanol–water partition coefficient (Wildman–Crippen LogP) is 2.77. The van der Waals surface area contributed by atoms with E-state index in [4.69, 9.17) is 0 Å². The molecular formula is C15H20Se2. The molecule has 0 aromatic heterocycles. The van der Waals surface area contributed by atoms with E-state index in [0.29, 0.717) is 5.41 Å².